The van der Waals surface area contributed by atoms with Gasteiger partial charge in [-0.25, -0.2) is 0 Å². The van der Waals surface area contributed by atoms with Gasteiger partial charge in [-0.05, 0) is 30.0 Å². The number of rotatable bonds is 8. The van der Waals surface area contributed by atoms with Crippen LogP contribution in [-0.4, -0.2) is 81.6 Å². The lowest BCUT2D eigenvalue weighted by Crippen LogP contribution is -2.36. The van der Waals surface area contributed by atoms with E-state index in [0.29, 0.717) is 25.3 Å². The van der Waals surface area contributed by atoms with Gasteiger partial charge in [0.15, 0.2) is 5.69 Å². The summed E-state index contributed by atoms with van der Waals surface area (Å²) in [6, 6.07) is 5.85. The van der Waals surface area contributed by atoms with Gasteiger partial charge < -0.3 is 20.0 Å². The van der Waals surface area contributed by atoms with E-state index in [1.54, 1.807) is 20.9 Å². The maximum Gasteiger partial charge on any atom is 0.274 e. The number of hydrogen-bond donors (Lipinski definition) is 2. The van der Waals surface area contributed by atoms with Crippen LogP contribution in [0.4, 0.5) is 0 Å². The fraction of sp³-hybridized carbons (Fsp3) is 0.579. The summed E-state index contributed by atoms with van der Waals surface area (Å²) in [6.45, 7) is 5.62. The smallest absolute Gasteiger partial charge is 0.274 e. The Labute approximate surface area is 163 Å². The minimum absolute atomic E-state index is 0.0576. The summed E-state index contributed by atoms with van der Waals surface area (Å²) >= 11 is 1.62. The molecule has 3 heterocycles. The first-order valence-corrected chi connectivity index (χ1v) is 10.3. The number of amides is 1. The van der Waals surface area contributed by atoms with E-state index in [2.05, 4.69) is 16.9 Å². The molecule has 8 heteroatoms. The standard InChI is InChI=1S/C19H28N4O3S/c1-3-22(6-7-24)10-14-11-23(12-15(14)13-25)19(26)16-9-17(21(2)20-16)18-5-4-8-27-18/h4-5,8-9,14-15,24-25H,3,6-7,10-13H2,1-2H3/t14-,15-/m1/s1. The number of nitrogens with zero attached hydrogens (tertiary/aromatic N) is 4. The highest BCUT2D eigenvalue weighted by atomic mass is 32.1. The van der Waals surface area contributed by atoms with E-state index >= 15 is 0 Å². The molecule has 7 nitrogen and oxygen atoms in total. The Morgan fingerprint density at radius 1 is 1.37 bits per heavy atom. The van der Waals surface area contributed by atoms with Gasteiger partial charge in [0.05, 0.1) is 17.2 Å². The summed E-state index contributed by atoms with van der Waals surface area (Å²) in [5.74, 6) is 0.174. The first-order chi connectivity index (χ1) is 13.1. The number of aromatic nitrogens is 2. The van der Waals surface area contributed by atoms with Gasteiger partial charge >= 0.3 is 0 Å². The zero-order valence-corrected chi connectivity index (χ0v) is 16.7. The molecule has 2 aromatic heterocycles. The van der Waals surface area contributed by atoms with Gasteiger partial charge in [0.25, 0.3) is 5.91 Å². The van der Waals surface area contributed by atoms with E-state index in [-0.39, 0.29) is 31.0 Å². The van der Waals surface area contributed by atoms with Gasteiger partial charge in [0.2, 0.25) is 0 Å². The molecular weight excluding hydrogens is 364 g/mol. The van der Waals surface area contributed by atoms with Gasteiger partial charge in [-0.1, -0.05) is 13.0 Å². The summed E-state index contributed by atoms with van der Waals surface area (Å²) in [7, 11) is 1.85. The van der Waals surface area contributed by atoms with Crippen molar-refractivity contribution in [1.29, 1.82) is 0 Å². The zero-order valence-electron chi connectivity index (χ0n) is 15.9. The molecule has 27 heavy (non-hydrogen) atoms. The molecule has 1 aliphatic rings. The molecule has 0 spiro atoms. The van der Waals surface area contributed by atoms with Crippen molar-refractivity contribution in [3.63, 3.8) is 0 Å². The average Bonchev–Trinajstić information content (AvgIpc) is 3.40. The predicted molar refractivity (Wildman–Crippen MR) is 106 cm³/mol. The molecule has 0 aliphatic carbocycles. The van der Waals surface area contributed by atoms with Crippen LogP contribution in [0.3, 0.4) is 0 Å². The highest BCUT2D eigenvalue weighted by Crippen LogP contribution is 2.28. The second-order valence-corrected chi connectivity index (χ2v) is 7.99. The van der Waals surface area contributed by atoms with Crippen molar-refractivity contribution >= 4 is 17.2 Å². The number of carbonyl (C=O) groups excluding carboxylic acids is 1. The van der Waals surface area contributed by atoms with Crippen molar-refractivity contribution in [2.45, 2.75) is 6.92 Å². The topological polar surface area (TPSA) is 81.8 Å². The molecule has 2 atom stereocenters. The third-order valence-electron chi connectivity index (χ3n) is 5.33. The van der Waals surface area contributed by atoms with Gasteiger partial charge in [-0.3, -0.25) is 9.48 Å². The Morgan fingerprint density at radius 3 is 2.78 bits per heavy atom. The Bertz CT molecular complexity index is 746. The molecule has 3 rings (SSSR count). The summed E-state index contributed by atoms with van der Waals surface area (Å²) in [6.07, 6.45) is 0. The lowest BCUT2D eigenvalue weighted by Gasteiger charge is -2.25. The van der Waals surface area contributed by atoms with E-state index in [4.69, 9.17) is 0 Å². The lowest BCUT2D eigenvalue weighted by molar-refractivity contribution is 0.0772. The second-order valence-electron chi connectivity index (χ2n) is 7.05. The largest absolute Gasteiger partial charge is 0.396 e. The number of aliphatic hydroxyl groups excluding tert-OH is 2. The van der Waals surface area contributed by atoms with Crippen LogP contribution >= 0.6 is 11.3 Å². The van der Waals surface area contributed by atoms with E-state index in [9.17, 15) is 15.0 Å². The fourth-order valence-electron chi connectivity index (χ4n) is 3.76. The molecule has 148 valence electrons. The van der Waals surface area contributed by atoms with Crippen LogP contribution in [0.25, 0.3) is 10.6 Å². The van der Waals surface area contributed by atoms with Crippen molar-refractivity contribution in [3.8, 4) is 10.6 Å². The van der Waals surface area contributed by atoms with Gasteiger partial charge in [0.1, 0.15) is 0 Å². The third-order valence-corrected chi connectivity index (χ3v) is 6.22. The van der Waals surface area contributed by atoms with Crippen LogP contribution in [-0.2, 0) is 7.05 Å². The van der Waals surface area contributed by atoms with E-state index in [1.165, 1.54) is 0 Å². The molecule has 0 unspecified atom stereocenters. The number of likely N-dealkylation sites (N-methyl/N-ethyl adjacent to an activating group) is 1. The van der Waals surface area contributed by atoms with Gasteiger partial charge in [-0.15, -0.1) is 11.3 Å². The molecule has 2 aromatic rings. The van der Waals surface area contributed by atoms with Crippen molar-refractivity contribution in [2.24, 2.45) is 18.9 Å². The zero-order chi connectivity index (χ0) is 19.4. The first kappa shape index (κ1) is 20.0. The number of hydrogen-bond acceptors (Lipinski definition) is 6. The molecule has 1 saturated heterocycles. The number of aliphatic hydroxyl groups is 2. The molecule has 2 N–H and O–H groups in total. The number of aryl methyl sites for hydroxylation is 1. The van der Waals surface area contributed by atoms with Crippen molar-refractivity contribution < 1.29 is 15.0 Å². The second kappa shape index (κ2) is 8.97. The van der Waals surface area contributed by atoms with Gasteiger partial charge in [0, 0.05) is 45.8 Å². The predicted octanol–water partition coefficient (Wildman–Crippen LogP) is 1.14. The highest BCUT2D eigenvalue weighted by molar-refractivity contribution is 7.13. The molecule has 1 fully saturated rings. The summed E-state index contributed by atoms with van der Waals surface area (Å²) in [5, 5.41) is 25.4. The molecule has 1 amide bonds. The van der Waals surface area contributed by atoms with E-state index < -0.39 is 0 Å². The third kappa shape index (κ3) is 4.40. The Morgan fingerprint density at radius 2 is 2.15 bits per heavy atom. The van der Waals surface area contributed by atoms with Crippen LogP contribution in [0, 0.1) is 11.8 Å². The molecule has 0 saturated carbocycles. The van der Waals surface area contributed by atoms with Crippen LogP contribution in [0.2, 0.25) is 0 Å². The van der Waals surface area contributed by atoms with Crippen LogP contribution in [0.1, 0.15) is 17.4 Å². The van der Waals surface area contributed by atoms with E-state index in [0.717, 1.165) is 23.7 Å². The van der Waals surface area contributed by atoms with E-state index in [1.807, 2.05) is 30.6 Å². The summed E-state index contributed by atoms with van der Waals surface area (Å²) < 4.78 is 1.75. The molecule has 0 bridgehead atoms. The maximum atomic E-state index is 13.0. The number of likely N-dealkylation sites (tertiary alicyclic amines) is 1. The normalized spacial score (nSPS) is 20.0. The minimum Gasteiger partial charge on any atom is -0.396 e. The van der Waals surface area contributed by atoms with Gasteiger partial charge in [-0.2, -0.15) is 5.10 Å². The fourth-order valence-corrected chi connectivity index (χ4v) is 4.53. The number of carbonyl (C=O) groups is 1. The molecular formula is C19H28N4O3S. The quantitative estimate of drug-likeness (QED) is 0.704. The minimum atomic E-state index is -0.0837. The van der Waals surface area contributed by atoms with Crippen molar-refractivity contribution in [3.05, 3.63) is 29.3 Å². The Kier molecular flexibility index (Phi) is 6.64. The Balaban J connectivity index is 1.71. The molecule has 0 aromatic carbocycles. The Hall–Kier alpha value is -1.74. The average molecular weight is 393 g/mol. The van der Waals surface area contributed by atoms with Crippen LogP contribution < -0.4 is 0 Å². The molecule has 0 radical (unpaired) electrons. The summed E-state index contributed by atoms with van der Waals surface area (Å²) in [4.78, 5) is 18.0. The molecule has 1 aliphatic heterocycles. The monoisotopic (exact) mass is 392 g/mol. The van der Waals surface area contributed by atoms with Crippen molar-refractivity contribution in [2.75, 3.05) is 45.9 Å². The van der Waals surface area contributed by atoms with Crippen LogP contribution in [0.5, 0.6) is 0 Å². The summed E-state index contributed by atoms with van der Waals surface area (Å²) in [5.41, 5.74) is 1.38. The lowest BCUT2D eigenvalue weighted by atomic mass is 9.96. The first-order valence-electron chi connectivity index (χ1n) is 9.38. The van der Waals surface area contributed by atoms with Crippen LogP contribution in [0.15, 0.2) is 23.6 Å². The maximum absolute atomic E-state index is 13.0. The highest BCUT2D eigenvalue weighted by Gasteiger charge is 2.36. The number of thiophene rings is 1. The van der Waals surface area contributed by atoms with Crippen molar-refractivity contribution in [1.82, 2.24) is 19.6 Å². The SMILES string of the molecule is CCN(CCO)C[C@@H]1CN(C(=O)c2cc(-c3cccs3)n(C)n2)C[C@@H]1CO.